The Bertz CT molecular complexity index is 908. The van der Waals surface area contributed by atoms with Gasteiger partial charge in [-0.15, -0.1) is 11.3 Å². The number of thiophene rings is 1. The highest BCUT2D eigenvalue weighted by Gasteiger charge is 2.27. The number of aryl methyl sites for hydroxylation is 1. The molecule has 1 amide bonds. The second-order valence-corrected chi connectivity index (χ2v) is 7.38. The number of anilines is 1. The zero-order chi connectivity index (χ0) is 20.1. The van der Waals surface area contributed by atoms with Crippen LogP contribution in [0.3, 0.4) is 0 Å². The van der Waals surface area contributed by atoms with Crippen molar-refractivity contribution in [1.82, 2.24) is 0 Å². The van der Waals surface area contributed by atoms with Crippen LogP contribution < -0.4 is 5.32 Å². The predicted molar refractivity (Wildman–Crippen MR) is 102 cm³/mol. The van der Waals surface area contributed by atoms with Crippen LogP contribution in [0.1, 0.15) is 50.9 Å². The Morgan fingerprint density at radius 1 is 1.14 bits per heavy atom. The average molecular weight is 405 g/mol. The summed E-state index contributed by atoms with van der Waals surface area (Å²) >= 11 is 1.35. The Hall–Kier alpha value is -2.74. The van der Waals surface area contributed by atoms with E-state index in [-0.39, 0.29) is 12.2 Å². The van der Waals surface area contributed by atoms with Crippen molar-refractivity contribution in [2.75, 3.05) is 18.5 Å². The Kier molecular flexibility index (Phi) is 6.41. The first-order chi connectivity index (χ1) is 13.5. The molecule has 2 aromatic rings. The first-order valence-electron chi connectivity index (χ1n) is 9.03. The largest absolute Gasteiger partial charge is 0.462 e. The zero-order valence-electron chi connectivity index (χ0n) is 15.4. The summed E-state index contributed by atoms with van der Waals surface area (Å²) in [5.41, 5.74) is 1.35. The number of halogens is 1. The van der Waals surface area contributed by atoms with Crippen molar-refractivity contribution in [2.45, 2.75) is 32.6 Å². The minimum Gasteiger partial charge on any atom is -0.462 e. The zero-order valence-corrected chi connectivity index (χ0v) is 16.2. The van der Waals surface area contributed by atoms with Gasteiger partial charge in [-0.05, 0) is 56.4 Å². The highest BCUT2D eigenvalue weighted by molar-refractivity contribution is 7.17. The lowest BCUT2D eigenvalue weighted by molar-refractivity contribution is -0.119. The molecule has 0 fully saturated rings. The Morgan fingerprint density at radius 2 is 1.93 bits per heavy atom. The van der Waals surface area contributed by atoms with E-state index >= 15 is 0 Å². The molecule has 3 rings (SSSR count). The molecular formula is C20H20FNO5S. The maximum absolute atomic E-state index is 13.2. The maximum Gasteiger partial charge on any atom is 0.341 e. The molecule has 1 N–H and O–H groups in total. The minimum absolute atomic E-state index is 0.0200. The lowest BCUT2D eigenvalue weighted by Gasteiger charge is -2.12. The van der Waals surface area contributed by atoms with Crippen molar-refractivity contribution in [3.05, 3.63) is 51.7 Å². The fraction of sp³-hybridized carbons (Fsp3) is 0.350. The van der Waals surface area contributed by atoms with Crippen LogP contribution in [-0.2, 0) is 27.1 Å². The number of amides is 1. The second kappa shape index (κ2) is 8.97. The molecular weight excluding hydrogens is 385 g/mol. The summed E-state index contributed by atoms with van der Waals surface area (Å²) in [6.45, 7) is 1.42. The van der Waals surface area contributed by atoms with Crippen molar-refractivity contribution in [2.24, 2.45) is 0 Å². The highest BCUT2D eigenvalue weighted by atomic mass is 32.1. The fourth-order valence-electron chi connectivity index (χ4n) is 3.07. The molecule has 1 aliphatic rings. The van der Waals surface area contributed by atoms with Crippen LogP contribution in [0.25, 0.3) is 0 Å². The van der Waals surface area contributed by atoms with Gasteiger partial charge < -0.3 is 14.8 Å². The summed E-state index contributed by atoms with van der Waals surface area (Å²) in [4.78, 5) is 37.6. The molecule has 0 bridgehead atoms. The third-order valence-electron chi connectivity index (χ3n) is 4.30. The molecule has 0 saturated carbocycles. The lowest BCUT2D eigenvalue weighted by Crippen LogP contribution is -2.22. The van der Waals surface area contributed by atoms with Crippen LogP contribution in [0.15, 0.2) is 24.3 Å². The van der Waals surface area contributed by atoms with E-state index in [1.807, 2.05) is 0 Å². The van der Waals surface area contributed by atoms with Crippen molar-refractivity contribution in [1.29, 1.82) is 0 Å². The van der Waals surface area contributed by atoms with E-state index in [2.05, 4.69) is 5.32 Å². The Morgan fingerprint density at radius 3 is 2.68 bits per heavy atom. The van der Waals surface area contributed by atoms with Crippen molar-refractivity contribution >= 4 is 34.2 Å². The van der Waals surface area contributed by atoms with E-state index in [1.54, 1.807) is 6.92 Å². The highest BCUT2D eigenvalue weighted by Crippen LogP contribution is 2.38. The number of ether oxygens (including phenoxy) is 2. The van der Waals surface area contributed by atoms with Crippen molar-refractivity contribution in [3.63, 3.8) is 0 Å². The van der Waals surface area contributed by atoms with Gasteiger partial charge in [-0.25, -0.2) is 14.0 Å². The van der Waals surface area contributed by atoms with Gasteiger partial charge in [-0.2, -0.15) is 0 Å². The number of carbonyl (C=O) groups is 3. The van der Waals surface area contributed by atoms with E-state index in [0.29, 0.717) is 10.6 Å². The van der Waals surface area contributed by atoms with Gasteiger partial charge in [0, 0.05) is 4.88 Å². The lowest BCUT2D eigenvalue weighted by atomic mass is 9.95. The van der Waals surface area contributed by atoms with E-state index in [0.717, 1.165) is 42.2 Å². The van der Waals surface area contributed by atoms with E-state index in [4.69, 9.17) is 9.47 Å². The molecule has 28 heavy (non-hydrogen) atoms. The number of esters is 2. The molecule has 148 valence electrons. The third-order valence-corrected chi connectivity index (χ3v) is 5.51. The number of carbonyl (C=O) groups excluding carboxylic acids is 3. The van der Waals surface area contributed by atoms with Gasteiger partial charge >= 0.3 is 11.9 Å². The summed E-state index contributed by atoms with van der Waals surface area (Å²) < 4.78 is 23.3. The van der Waals surface area contributed by atoms with Crippen LogP contribution in [0, 0.1) is 5.82 Å². The molecule has 0 atom stereocenters. The van der Waals surface area contributed by atoms with E-state index in [9.17, 15) is 18.8 Å². The summed E-state index contributed by atoms with van der Waals surface area (Å²) in [7, 11) is 0. The smallest absolute Gasteiger partial charge is 0.341 e. The molecule has 0 spiro atoms. The summed E-state index contributed by atoms with van der Waals surface area (Å²) in [6.07, 6.45) is 3.64. The van der Waals surface area contributed by atoms with Gasteiger partial charge in [-0.3, -0.25) is 4.79 Å². The van der Waals surface area contributed by atoms with Crippen molar-refractivity contribution in [3.8, 4) is 0 Å². The van der Waals surface area contributed by atoms with Gasteiger partial charge in [0.2, 0.25) is 0 Å². The monoisotopic (exact) mass is 405 g/mol. The molecule has 0 saturated heterocycles. The fourth-order valence-corrected chi connectivity index (χ4v) is 4.36. The molecule has 6 nitrogen and oxygen atoms in total. The number of fused-ring (bicyclic) bond motifs is 1. The molecule has 0 radical (unpaired) electrons. The molecule has 8 heteroatoms. The van der Waals surface area contributed by atoms with E-state index in [1.165, 1.54) is 29.5 Å². The van der Waals surface area contributed by atoms with Gasteiger partial charge in [0.05, 0.1) is 17.7 Å². The van der Waals surface area contributed by atoms with Gasteiger partial charge in [0.25, 0.3) is 5.91 Å². The Balaban J connectivity index is 1.69. The Labute approximate surface area is 165 Å². The topological polar surface area (TPSA) is 81.7 Å². The SMILES string of the molecule is CCOC(=O)c1c(NC(=O)COC(=O)c2cccc(F)c2)sc2c1CCCC2. The van der Waals surface area contributed by atoms with Crippen LogP contribution in [-0.4, -0.2) is 31.1 Å². The van der Waals surface area contributed by atoms with Crippen LogP contribution >= 0.6 is 11.3 Å². The van der Waals surface area contributed by atoms with Gasteiger partial charge in [-0.1, -0.05) is 6.07 Å². The third kappa shape index (κ3) is 4.56. The van der Waals surface area contributed by atoms with Crippen LogP contribution in [0.2, 0.25) is 0 Å². The first-order valence-corrected chi connectivity index (χ1v) is 9.85. The molecule has 1 aromatic carbocycles. The number of benzene rings is 1. The number of hydrogen-bond acceptors (Lipinski definition) is 6. The number of rotatable bonds is 6. The van der Waals surface area contributed by atoms with Crippen LogP contribution in [0.5, 0.6) is 0 Å². The van der Waals surface area contributed by atoms with Gasteiger partial charge in [0.1, 0.15) is 10.8 Å². The maximum atomic E-state index is 13.2. The van der Waals surface area contributed by atoms with Crippen molar-refractivity contribution < 1.29 is 28.2 Å². The summed E-state index contributed by atoms with van der Waals surface area (Å²) in [6, 6.07) is 5.02. The standard InChI is InChI=1S/C20H20FNO5S/c1-2-26-20(25)17-14-8-3-4-9-15(14)28-18(17)22-16(23)11-27-19(24)12-6-5-7-13(21)10-12/h5-7,10H,2-4,8-9,11H2,1H3,(H,22,23). The molecule has 0 unspecified atom stereocenters. The summed E-state index contributed by atoms with van der Waals surface area (Å²) in [5, 5.41) is 3.07. The average Bonchev–Trinajstić information content (AvgIpc) is 3.04. The normalized spacial score (nSPS) is 12.8. The summed E-state index contributed by atoms with van der Waals surface area (Å²) in [5.74, 6) is -2.41. The van der Waals surface area contributed by atoms with Gasteiger partial charge in [0.15, 0.2) is 6.61 Å². The molecule has 1 aromatic heterocycles. The predicted octanol–water partition coefficient (Wildman–Crippen LogP) is 3.74. The number of nitrogens with one attached hydrogen (secondary N) is 1. The minimum atomic E-state index is -0.800. The van der Waals surface area contributed by atoms with E-state index < -0.39 is 30.3 Å². The second-order valence-electron chi connectivity index (χ2n) is 6.27. The number of hydrogen-bond donors (Lipinski definition) is 1. The molecule has 0 aliphatic heterocycles. The first kappa shape index (κ1) is 20.0. The molecule has 1 aliphatic carbocycles. The van der Waals surface area contributed by atoms with Crippen LogP contribution in [0.4, 0.5) is 9.39 Å². The molecule has 1 heterocycles. The quantitative estimate of drug-likeness (QED) is 0.741.